The maximum absolute atomic E-state index is 11.9. The molecule has 0 bridgehead atoms. The zero-order chi connectivity index (χ0) is 18.0. The second-order valence-corrected chi connectivity index (χ2v) is 7.55. The lowest BCUT2D eigenvalue weighted by atomic mass is 9.65. The predicted octanol–water partition coefficient (Wildman–Crippen LogP) is 2.40. The van der Waals surface area contributed by atoms with Gasteiger partial charge in [0.25, 0.3) is 5.91 Å². The van der Waals surface area contributed by atoms with Crippen molar-refractivity contribution in [2.75, 3.05) is 26.7 Å². The van der Waals surface area contributed by atoms with E-state index in [2.05, 4.69) is 48.2 Å². The number of likely N-dealkylation sites (tertiary alicyclic amines) is 1. The van der Waals surface area contributed by atoms with Gasteiger partial charge in [-0.05, 0) is 33.3 Å². The summed E-state index contributed by atoms with van der Waals surface area (Å²) in [5.41, 5.74) is 1.22. The number of amides is 1. The van der Waals surface area contributed by atoms with Crippen molar-refractivity contribution in [2.45, 2.75) is 46.6 Å². The van der Waals surface area contributed by atoms with Crippen LogP contribution >= 0.6 is 0 Å². The highest BCUT2D eigenvalue weighted by Gasteiger charge is 2.53. The third-order valence-corrected chi connectivity index (χ3v) is 5.34. The Morgan fingerprint density at radius 3 is 2.46 bits per heavy atom. The molecule has 0 atom stereocenters. The van der Waals surface area contributed by atoms with Crippen LogP contribution in [0.1, 0.15) is 50.2 Å². The molecule has 1 amide bonds. The smallest absolute Gasteiger partial charge is 0.287 e. The molecule has 6 heteroatoms. The highest BCUT2D eigenvalue weighted by Crippen LogP contribution is 2.46. The van der Waals surface area contributed by atoms with Gasteiger partial charge in [-0.2, -0.15) is 0 Å². The third-order valence-electron chi connectivity index (χ3n) is 5.34. The fraction of sp³-hybridized carbons (Fsp3) is 0.667. The van der Waals surface area contributed by atoms with Gasteiger partial charge in [-0.25, -0.2) is 0 Å². The molecular formula is C18H30N4O2. The van der Waals surface area contributed by atoms with Crippen LogP contribution in [-0.2, 0) is 0 Å². The molecular weight excluding hydrogens is 304 g/mol. The number of nitrogens with zero attached hydrogens (tertiary/aromatic N) is 2. The first kappa shape index (κ1) is 18.4. The van der Waals surface area contributed by atoms with Gasteiger partial charge in [0.15, 0.2) is 11.7 Å². The number of carbonyl (C=O) groups excluding carboxylic acids is 1. The molecule has 1 aliphatic rings. The van der Waals surface area contributed by atoms with Crippen LogP contribution in [0.2, 0.25) is 0 Å². The molecule has 1 aliphatic heterocycles. The Bertz CT molecular complexity index is 616. The summed E-state index contributed by atoms with van der Waals surface area (Å²) in [5.74, 6) is 1.16. The fourth-order valence-corrected chi connectivity index (χ4v) is 2.87. The maximum atomic E-state index is 11.9. The normalized spacial score (nSPS) is 18.9. The summed E-state index contributed by atoms with van der Waals surface area (Å²) in [6, 6.07) is 1.79. The van der Waals surface area contributed by atoms with Gasteiger partial charge in [0.1, 0.15) is 0 Å². The van der Waals surface area contributed by atoms with Crippen LogP contribution in [0.3, 0.4) is 0 Å². The lowest BCUT2D eigenvalue weighted by Crippen LogP contribution is -2.72. The Balaban J connectivity index is 1.72. The first-order valence-corrected chi connectivity index (χ1v) is 8.51. The molecule has 1 aromatic rings. The summed E-state index contributed by atoms with van der Waals surface area (Å²) in [5, 5.41) is 6.26. The summed E-state index contributed by atoms with van der Waals surface area (Å²) in [6.45, 7) is 13.3. The van der Waals surface area contributed by atoms with Crippen LogP contribution in [0.15, 0.2) is 21.7 Å². The molecule has 1 aromatic heterocycles. The van der Waals surface area contributed by atoms with Crippen LogP contribution in [-0.4, -0.2) is 49.0 Å². The standard InChI is InChI=1S/C18H30N4O2/c1-13-8-11-24-14(13)15(23)20-9-7-10-21-16(19-6)22-12-17(2,3)18(22,4)5/h8,11H,7,9-10,12H2,1-6H3,(H,19,21)(H,20,23). The molecule has 2 N–H and O–H groups in total. The number of aliphatic imine (C=N–C) groups is 1. The summed E-state index contributed by atoms with van der Waals surface area (Å²) < 4.78 is 5.18. The number of carbonyl (C=O) groups is 1. The van der Waals surface area contributed by atoms with E-state index in [0.29, 0.717) is 12.3 Å². The van der Waals surface area contributed by atoms with Crippen LogP contribution in [0, 0.1) is 12.3 Å². The number of hydrogen-bond acceptors (Lipinski definition) is 3. The Kier molecular flexibility index (Phi) is 5.26. The summed E-state index contributed by atoms with van der Waals surface area (Å²) in [6.07, 6.45) is 2.36. The molecule has 6 nitrogen and oxygen atoms in total. The molecule has 1 fully saturated rings. The average molecular weight is 334 g/mol. The van der Waals surface area contributed by atoms with E-state index < -0.39 is 0 Å². The second-order valence-electron chi connectivity index (χ2n) is 7.55. The first-order valence-electron chi connectivity index (χ1n) is 8.51. The second kappa shape index (κ2) is 6.87. The molecule has 2 rings (SSSR count). The number of rotatable bonds is 5. The monoisotopic (exact) mass is 334 g/mol. The SMILES string of the molecule is CN=C(NCCCNC(=O)c1occc1C)N1CC(C)(C)C1(C)C. The molecule has 2 heterocycles. The van der Waals surface area contributed by atoms with Gasteiger partial charge in [0.2, 0.25) is 0 Å². The van der Waals surface area contributed by atoms with Crippen molar-refractivity contribution < 1.29 is 9.21 Å². The topological polar surface area (TPSA) is 69.9 Å². The molecule has 0 unspecified atom stereocenters. The number of nitrogens with one attached hydrogen (secondary N) is 2. The molecule has 134 valence electrons. The van der Waals surface area contributed by atoms with E-state index >= 15 is 0 Å². The van der Waals surface area contributed by atoms with Gasteiger partial charge in [-0.3, -0.25) is 9.79 Å². The van der Waals surface area contributed by atoms with E-state index in [1.54, 1.807) is 6.07 Å². The lowest BCUT2D eigenvalue weighted by Gasteiger charge is -2.62. The van der Waals surface area contributed by atoms with E-state index in [-0.39, 0.29) is 16.9 Å². The summed E-state index contributed by atoms with van der Waals surface area (Å²) in [4.78, 5) is 18.6. The first-order chi connectivity index (χ1) is 11.2. The van der Waals surface area contributed by atoms with Crippen molar-refractivity contribution >= 4 is 11.9 Å². The highest BCUT2D eigenvalue weighted by molar-refractivity contribution is 5.92. The van der Waals surface area contributed by atoms with Crippen LogP contribution in [0.5, 0.6) is 0 Å². The molecule has 0 aliphatic carbocycles. The lowest BCUT2D eigenvalue weighted by molar-refractivity contribution is -0.0667. The van der Waals surface area contributed by atoms with Crippen molar-refractivity contribution in [3.63, 3.8) is 0 Å². The van der Waals surface area contributed by atoms with Crippen LogP contribution in [0.25, 0.3) is 0 Å². The van der Waals surface area contributed by atoms with Crippen molar-refractivity contribution in [2.24, 2.45) is 10.4 Å². The quantitative estimate of drug-likeness (QED) is 0.493. The fourth-order valence-electron chi connectivity index (χ4n) is 2.87. The predicted molar refractivity (Wildman–Crippen MR) is 96.3 cm³/mol. The Morgan fingerprint density at radius 2 is 1.96 bits per heavy atom. The summed E-state index contributed by atoms with van der Waals surface area (Å²) in [7, 11) is 1.81. The van der Waals surface area contributed by atoms with Gasteiger partial charge < -0.3 is 20.0 Å². The molecule has 0 radical (unpaired) electrons. The molecule has 0 saturated carbocycles. The molecule has 1 saturated heterocycles. The number of furan rings is 1. The highest BCUT2D eigenvalue weighted by atomic mass is 16.3. The summed E-state index contributed by atoms with van der Waals surface area (Å²) >= 11 is 0. The molecule has 0 aromatic carbocycles. The minimum Gasteiger partial charge on any atom is -0.459 e. The van der Waals surface area contributed by atoms with E-state index in [1.165, 1.54) is 6.26 Å². The van der Waals surface area contributed by atoms with E-state index in [1.807, 2.05) is 14.0 Å². The molecule has 0 spiro atoms. The van der Waals surface area contributed by atoms with Gasteiger partial charge in [0, 0.05) is 43.2 Å². The largest absolute Gasteiger partial charge is 0.459 e. The van der Waals surface area contributed by atoms with Crippen LogP contribution in [0.4, 0.5) is 0 Å². The van der Waals surface area contributed by atoms with E-state index in [9.17, 15) is 4.79 Å². The number of aryl methyl sites for hydroxylation is 1. The number of guanidine groups is 1. The van der Waals surface area contributed by atoms with Gasteiger partial charge in [-0.15, -0.1) is 0 Å². The van der Waals surface area contributed by atoms with Gasteiger partial charge in [0.05, 0.1) is 6.26 Å². The van der Waals surface area contributed by atoms with Crippen molar-refractivity contribution in [3.05, 3.63) is 23.7 Å². The van der Waals surface area contributed by atoms with Crippen molar-refractivity contribution in [3.8, 4) is 0 Å². The minimum atomic E-state index is -0.160. The van der Waals surface area contributed by atoms with Crippen molar-refractivity contribution in [1.82, 2.24) is 15.5 Å². The minimum absolute atomic E-state index is 0.0832. The average Bonchev–Trinajstić information content (AvgIpc) is 2.95. The number of hydrogen-bond donors (Lipinski definition) is 2. The van der Waals surface area contributed by atoms with Gasteiger partial charge in [-0.1, -0.05) is 13.8 Å². The Hall–Kier alpha value is -1.98. The Labute approximate surface area is 144 Å². The van der Waals surface area contributed by atoms with Gasteiger partial charge >= 0.3 is 0 Å². The Morgan fingerprint density at radius 1 is 1.29 bits per heavy atom. The molecule has 24 heavy (non-hydrogen) atoms. The van der Waals surface area contributed by atoms with E-state index in [4.69, 9.17) is 4.42 Å². The maximum Gasteiger partial charge on any atom is 0.287 e. The van der Waals surface area contributed by atoms with Crippen molar-refractivity contribution in [1.29, 1.82) is 0 Å². The van der Waals surface area contributed by atoms with Crippen LogP contribution < -0.4 is 10.6 Å². The van der Waals surface area contributed by atoms with E-state index in [0.717, 1.165) is 31.0 Å². The zero-order valence-corrected chi connectivity index (χ0v) is 15.7. The zero-order valence-electron chi connectivity index (χ0n) is 15.7. The third kappa shape index (κ3) is 3.42.